The van der Waals surface area contributed by atoms with Gasteiger partial charge < -0.3 is 14.6 Å². The zero-order valence-corrected chi connectivity index (χ0v) is 8.42. The lowest BCUT2D eigenvalue weighted by Crippen LogP contribution is -2.37. The Hall–Kier alpha value is -0.830. The quantitative estimate of drug-likeness (QED) is 0.460. The number of nitrogens with zero attached hydrogens (tertiary/aromatic N) is 2. The molecule has 70 valence electrons. The first-order valence-electron chi connectivity index (χ1n) is 4.01. The Morgan fingerprint density at radius 3 is 2.25 bits per heavy atom. The SMILES string of the molecule is C=C(C)C(=O)[N-]CC[N+](C)(C)C. The number of likely N-dealkylation sites (N-methyl/N-ethyl adjacent to an activating group) is 1. The molecule has 3 heteroatoms. The molecule has 12 heavy (non-hydrogen) atoms. The normalized spacial score (nSPS) is 11.0. The Bertz CT molecular complexity index is 179. The van der Waals surface area contributed by atoms with Gasteiger partial charge in [-0.05, 0) is 12.5 Å². The molecule has 0 saturated carbocycles. The van der Waals surface area contributed by atoms with Crippen molar-refractivity contribution in [2.45, 2.75) is 6.92 Å². The third kappa shape index (κ3) is 5.92. The average Bonchev–Trinajstić information content (AvgIpc) is 1.84. The van der Waals surface area contributed by atoms with E-state index in [4.69, 9.17) is 0 Å². The Kier molecular flexibility index (Phi) is 3.96. The highest BCUT2D eigenvalue weighted by Crippen LogP contribution is 2.00. The minimum atomic E-state index is -0.177. The summed E-state index contributed by atoms with van der Waals surface area (Å²) in [6.07, 6.45) is 0. The third-order valence-electron chi connectivity index (χ3n) is 1.39. The topological polar surface area (TPSA) is 31.2 Å². The number of carbonyl (C=O) groups is 1. The lowest BCUT2D eigenvalue weighted by molar-refractivity contribution is -0.868. The van der Waals surface area contributed by atoms with Crippen molar-refractivity contribution in [1.29, 1.82) is 0 Å². The van der Waals surface area contributed by atoms with Crippen LogP contribution in [0.1, 0.15) is 6.92 Å². The molecule has 0 aromatic carbocycles. The minimum absolute atomic E-state index is 0.177. The van der Waals surface area contributed by atoms with E-state index >= 15 is 0 Å². The van der Waals surface area contributed by atoms with E-state index in [1.165, 1.54) is 0 Å². The van der Waals surface area contributed by atoms with E-state index in [9.17, 15) is 4.79 Å². The van der Waals surface area contributed by atoms with Crippen molar-refractivity contribution in [2.24, 2.45) is 0 Å². The highest BCUT2D eigenvalue weighted by atomic mass is 16.1. The largest absolute Gasteiger partial charge is 0.645 e. The van der Waals surface area contributed by atoms with Crippen molar-refractivity contribution in [3.05, 3.63) is 17.5 Å². The van der Waals surface area contributed by atoms with Crippen molar-refractivity contribution < 1.29 is 9.28 Å². The van der Waals surface area contributed by atoms with Crippen LogP contribution in [-0.2, 0) is 4.79 Å². The maximum Gasteiger partial charge on any atom is 0.0771 e. The van der Waals surface area contributed by atoms with E-state index in [1.807, 2.05) is 0 Å². The fourth-order valence-electron chi connectivity index (χ4n) is 0.587. The molecule has 0 aliphatic rings. The molecule has 0 heterocycles. The molecule has 0 fully saturated rings. The number of hydrogen-bond acceptors (Lipinski definition) is 1. The van der Waals surface area contributed by atoms with Gasteiger partial charge in [0.15, 0.2) is 0 Å². The molecule has 3 nitrogen and oxygen atoms in total. The minimum Gasteiger partial charge on any atom is -0.645 e. The Labute approximate surface area is 74.7 Å². The van der Waals surface area contributed by atoms with Crippen LogP contribution in [0.5, 0.6) is 0 Å². The van der Waals surface area contributed by atoms with Gasteiger partial charge in [0.05, 0.1) is 33.6 Å². The van der Waals surface area contributed by atoms with Gasteiger partial charge in [-0.25, -0.2) is 0 Å². The molecule has 0 radical (unpaired) electrons. The molecule has 0 N–H and O–H groups in total. The summed E-state index contributed by atoms with van der Waals surface area (Å²) < 4.78 is 0.826. The van der Waals surface area contributed by atoms with Crippen molar-refractivity contribution >= 4 is 5.91 Å². The van der Waals surface area contributed by atoms with Gasteiger partial charge in [0.2, 0.25) is 0 Å². The molecule has 0 rings (SSSR count). The smallest absolute Gasteiger partial charge is 0.0771 e. The van der Waals surface area contributed by atoms with Crippen LogP contribution < -0.4 is 0 Å². The summed E-state index contributed by atoms with van der Waals surface area (Å²) in [6.45, 7) is 6.65. The molecule has 0 atom stereocenters. The molecule has 0 aliphatic carbocycles. The van der Waals surface area contributed by atoms with Crippen molar-refractivity contribution in [1.82, 2.24) is 0 Å². The fourth-order valence-corrected chi connectivity index (χ4v) is 0.587. The van der Waals surface area contributed by atoms with Crippen molar-refractivity contribution in [3.8, 4) is 0 Å². The first kappa shape index (κ1) is 11.2. The second-order valence-electron chi connectivity index (χ2n) is 3.98. The maximum absolute atomic E-state index is 11.0. The lowest BCUT2D eigenvalue weighted by Gasteiger charge is -2.28. The van der Waals surface area contributed by atoms with Gasteiger partial charge in [-0.2, -0.15) is 0 Å². The summed E-state index contributed by atoms with van der Waals surface area (Å²) in [6, 6.07) is 0. The van der Waals surface area contributed by atoms with E-state index in [-0.39, 0.29) is 5.91 Å². The predicted molar refractivity (Wildman–Crippen MR) is 50.9 cm³/mol. The van der Waals surface area contributed by atoms with Gasteiger partial charge in [0.25, 0.3) is 0 Å². The molecule has 0 saturated heterocycles. The highest BCUT2D eigenvalue weighted by molar-refractivity contribution is 6.02. The summed E-state index contributed by atoms with van der Waals surface area (Å²) in [5.74, 6) is -0.177. The maximum atomic E-state index is 11.0. The summed E-state index contributed by atoms with van der Waals surface area (Å²) in [4.78, 5) is 11.0. The zero-order chi connectivity index (χ0) is 9.78. The summed E-state index contributed by atoms with van der Waals surface area (Å²) in [7, 11) is 6.21. The molecular weight excluding hydrogens is 152 g/mol. The molecule has 0 bridgehead atoms. The second-order valence-corrected chi connectivity index (χ2v) is 3.98. The Morgan fingerprint density at radius 2 is 1.92 bits per heavy atom. The van der Waals surface area contributed by atoms with Gasteiger partial charge in [-0.1, -0.05) is 13.1 Å². The zero-order valence-electron chi connectivity index (χ0n) is 8.42. The number of quaternary nitrogens is 1. The third-order valence-corrected chi connectivity index (χ3v) is 1.39. The molecule has 0 aromatic rings. The molecule has 0 aromatic heterocycles. The molecule has 0 spiro atoms. The van der Waals surface area contributed by atoms with Gasteiger partial charge in [0, 0.05) is 0 Å². The van der Waals surface area contributed by atoms with Gasteiger partial charge in [-0.3, -0.25) is 0 Å². The first-order valence-corrected chi connectivity index (χ1v) is 4.01. The standard InChI is InChI=1S/C9H18N2O/c1-8(2)9(12)10-6-7-11(3,4)5/h1,6-7H2,2-5H3. The van der Waals surface area contributed by atoms with Crippen LogP contribution in [0.15, 0.2) is 12.2 Å². The van der Waals surface area contributed by atoms with Crippen LogP contribution >= 0.6 is 0 Å². The van der Waals surface area contributed by atoms with Crippen LogP contribution in [0.2, 0.25) is 0 Å². The molecule has 0 aliphatic heterocycles. The molecular formula is C9H18N2O. The summed E-state index contributed by atoms with van der Waals surface area (Å²) in [5, 5.41) is 3.85. The average molecular weight is 170 g/mol. The lowest BCUT2D eigenvalue weighted by atomic mass is 10.3. The Balaban J connectivity index is 3.58. The van der Waals surface area contributed by atoms with E-state index in [2.05, 4.69) is 33.0 Å². The first-order chi connectivity index (χ1) is 5.33. The van der Waals surface area contributed by atoms with Crippen LogP contribution in [0.25, 0.3) is 5.32 Å². The van der Waals surface area contributed by atoms with Crippen LogP contribution in [-0.4, -0.2) is 44.6 Å². The summed E-state index contributed by atoms with van der Waals surface area (Å²) >= 11 is 0. The monoisotopic (exact) mass is 170 g/mol. The van der Waals surface area contributed by atoms with Crippen LogP contribution in [0.3, 0.4) is 0 Å². The van der Waals surface area contributed by atoms with Gasteiger partial charge in [-0.15, -0.1) is 0 Å². The highest BCUT2D eigenvalue weighted by Gasteiger charge is 2.01. The second kappa shape index (κ2) is 4.26. The summed E-state index contributed by atoms with van der Waals surface area (Å²) in [5.41, 5.74) is 0.511. The van der Waals surface area contributed by atoms with E-state index in [1.54, 1.807) is 6.92 Å². The number of rotatable bonds is 4. The molecule has 1 amide bonds. The predicted octanol–water partition coefficient (Wildman–Crippen LogP) is 1.17. The van der Waals surface area contributed by atoms with E-state index < -0.39 is 0 Å². The molecule has 0 unspecified atom stereocenters. The van der Waals surface area contributed by atoms with E-state index in [0.717, 1.165) is 11.0 Å². The van der Waals surface area contributed by atoms with Crippen molar-refractivity contribution in [2.75, 3.05) is 34.2 Å². The Morgan fingerprint density at radius 1 is 1.42 bits per heavy atom. The number of amides is 1. The fraction of sp³-hybridized carbons (Fsp3) is 0.667. The van der Waals surface area contributed by atoms with E-state index in [0.29, 0.717) is 12.1 Å². The number of hydrogen-bond donors (Lipinski definition) is 0. The van der Waals surface area contributed by atoms with Crippen LogP contribution in [0.4, 0.5) is 0 Å². The van der Waals surface area contributed by atoms with Crippen LogP contribution in [0, 0.1) is 0 Å². The number of carbonyl (C=O) groups excluding carboxylic acids is 1. The van der Waals surface area contributed by atoms with Crippen molar-refractivity contribution in [3.63, 3.8) is 0 Å². The van der Waals surface area contributed by atoms with Gasteiger partial charge >= 0.3 is 0 Å². The van der Waals surface area contributed by atoms with Gasteiger partial charge in [0.1, 0.15) is 0 Å².